The smallest absolute Gasteiger partial charge is 0.329 e. The lowest BCUT2D eigenvalue weighted by molar-refractivity contribution is -0.156. The molecule has 1 atom stereocenters. The number of carbonyl (C=O) groups excluding carboxylic acids is 1. The van der Waals surface area contributed by atoms with Crippen molar-refractivity contribution in [3.05, 3.63) is 0 Å². The van der Waals surface area contributed by atoms with E-state index in [1.165, 1.54) is 11.8 Å². The van der Waals surface area contributed by atoms with Crippen LogP contribution < -0.4 is 0 Å². The Morgan fingerprint density at radius 1 is 1.33 bits per heavy atom. The third-order valence-corrected chi connectivity index (χ3v) is 2.94. The molecule has 0 aliphatic carbocycles. The molecule has 0 rings (SSSR count). The highest BCUT2D eigenvalue weighted by atomic mass is 16.4. The summed E-state index contributed by atoms with van der Waals surface area (Å²) in [6.07, 6.45) is 3.37. The standard InChI is InChI=1S/C11H21NO3/c1-5-6-7-8-11(3,10(14)15)12(4)9(2)13/h5-8H2,1-4H3,(H,14,15). The van der Waals surface area contributed by atoms with E-state index in [4.69, 9.17) is 5.11 Å². The molecule has 0 saturated heterocycles. The van der Waals surface area contributed by atoms with E-state index in [0.717, 1.165) is 19.3 Å². The van der Waals surface area contributed by atoms with Crippen molar-refractivity contribution in [3.8, 4) is 0 Å². The first-order chi connectivity index (χ1) is 6.86. The van der Waals surface area contributed by atoms with Crippen LogP contribution in [0.3, 0.4) is 0 Å². The van der Waals surface area contributed by atoms with Gasteiger partial charge in [0, 0.05) is 14.0 Å². The molecular weight excluding hydrogens is 194 g/mol. The second kappa shape index (κ2) is 5.73. The Balaban J connectivity index is 4.59. The van der Waals surface area contributed by atoms with Crippen molar-refractivity contribution in [2.24, 2.45) is 0 Å². The molecular formula is C11H21NO3. The zero-order valence-electron chi connectivity index (χ0n) is 10.0. The maximum Gasteiger partial charge on any atom is 0.329 e. The molecule has 0 aromatic heterocycles. The molecule has 0 aromatic carbocycles. The van der Waals surface area contributed by atoms with Gasteiger partial charge in [-0.05, 0) is 13.3 Å². The number of carboxylic acid groups (broad SMARTS) is 1. The van der Waals surface area contributed by atoms with Gasteiger partial charge in [-0.25, -0.2) is 4.79 Å². The summed E-state index contributed by atoms with van der Waals surface area (Å²) in [7, 11) is 1.54. The van der Waals surface area contributed by atoms with E-state index in [9.17, 15) is 9.59 Å². The Morgan fingerprint density at radius 3 is 2.20 bits per heavy atom. The van der Waals surface area contributed by atoms with Crippen LogP contribution in [0.5, 0.6) is 0 Å². The average Bonchev–Trinajstić information content (AvgIpc) is 2.16. The number of carboxylic acids is 1. The van der Waals surface area contributed by atoms with Crippen LogP contribution >= 0.6 is 0 Å². The minimum absolute atomic E-state index is 0.212. The number of nitrogens with zero attached hydrogens (tertiary/aromatic N) is 1. The number of amides is 1. The van der Waals surface area contributed by atoms with Gasteiger partial charge in [-0.1, -0.05) is 26.2 Å². The van der Waals surface area contributed by atoms with E-state index in [1.54, 1.807) is 14.0 Å². The number of carbonyl (C=O) groups is 2. The minimum Gasteiger partial charge on any atom is -0.480 e. The monoisotopic (exact) mass is 215 g/mol. The van der Waals surface area contributed by atoms with Crippen LogP contribution in [0, 0.1) is 0 Å². The summed E-state index contributed by atoms with van der Waals surface area (Å²) in [6.45, 7) is 5.06. The van der Waals surface area contributed by atoms with E-state index in [-0.39, 0.29) is 5.91 Å². The molecule has 0 aliphatic rings. The molecule has 15 heavy (non-hydrogen) atoms. The van der Waals surface area contributed by atoms with Gasteiger partial charge in [0.25, 0.3) is 0 Å². The van der Waals surface area contributed by atoms with Gasteiger partial charge >= 0.3 is 5.97 Å². The molecule has 1 N–H and O–H groups in total. The molecule has 0 radical (unpaired) electrons. The van der Waals surface area contributed by atoms with E-state index in [0.29, 0.717) is 6.42 Å². The fourth-order valence-electron chi connectivity index (χ4n) is 1.48. The highest BCUT2D eigenvalue weighted by Crippen LogP contribution is 2.22. The minimum atomic E-state index is -1.07. The third-order valence-electron chi connectivity index (χ3n) is 2.94. The topological polar surface area (TPSA) is 57.6 Å². The van der Waals surface area contributed by atoms with Gasteiger partial charge < -0.3 is 10.0 Å². The van der Waals surface area contributed by atoms with Crippen molar-refractivity contribution < 1.29 is 14.7 Å². The van der Waals surface area contributed by atoms with Crippen molar-refractivity contribution >= 4 is 11.9 Å². The Kier molecular flexibility index (Phi) is 5.33. The molecule has 4 nitrogen and oxygen atoms in total. The fraction of sp³-hybridized carbons (Fsp3) is 0.818. The summed E-state index contributed by atoms with van der Waals surface area (Å²) < 4.78 is 0. The zero-order chi connectivity index (χ0) is 12.1. The lowest BCUT2D eigenvalue weighted by Crippen LogP contribution is -2.52. The van der Waals surface area contributed by atoms with Gasteiger partial charge in [-0.3, -0.25) is 4.79 Å². The number of rotatable bonds is 6. The van der Waals surface area contributed by atoms with Gasteiger partial charge in [0.1, 0.15) is 5.54 Å². The van der Waals surface area contributed by atoms with E-state index in [2.05, 4.69) is 6.92 Å². The van der Waals surface area contributed by atoms with E-state index in [1.807, 2.05) is 0 Å². The summed E-state index contributed by atoms with van der Waals surface area (Å²) in [5.41, 5.74) is -1.07. The summed E-state index contributed by atoms with van der Waals surface area (Å²) in [5.74, 6) is -1.15. The number of aliphatic carboxylic acids is 1. The largest absolute Gasteiger partial charge is 0.480 e. The van der Waals surface area contributed by atoms with Crippen LogP contribution in [0.1, 0.15) is 46.5 Å². The van der Waals surface area contributed by atoms with Crippen molar-refractivity contribution in [2.75, 3.05) is 7.05 Å². The first-order valence-electron chi connectivity index (χ1n) is 5.34. The highest BCUT2D eigenvalue weighted by molar-refractivity contribution is 5.85. The first kappa shape index (κ1) is 13.9. The molecule has 0 saturated carbocycles. The maximum absolute atomic E-state index is 11.2. The van der Waals surface area contributed by atoms with Crippen LogP contribution in [0.25, 0.3) is 0 Å². The lowest BCUT2D eigenvalue weighted by Gasteiger charge is -2.34. The highest BCUT2D eigenvalue weighted by Gasteiger charge is 2.38. The molecule has 0 spiro atoms. The van der Waals surface area contributed by atoms with E-state index >= 15 is 0 Å². The van der Waals surface area contributed by atoms with Crippen LogP contribution in [0.15, 0.2) is 0 Å². The van der Waals surface area contributed by atoms with Gasteiger partial charge in [0.2, 0.25) is 5.91 Å². The van der Waals surface area contributed by atoms with Crippen molar-refractivity contribution in [1.29, 1.82) is 0 Å². The second-order valence-corrected chi connectivity index (χ2v) is 4.11. The van der Waals surface area contributed by atoms with Crippen molar-refractivity contribution in [3.63, 3.8) is 0 Å². The SMILES string of the molecule is CCCCCC(C)(C(=O)O)N(C)C(C)=O. The summed E-state index contributed by atoms with van der Waals surface area (Å²) in [6, 6.07) is 0. The van der Waals surface area contributed by atoms with Crippen LogP contribution in [0.4, 0.5) is 0 Å². The van der Waals surface area contributed by atoms with Crippen molar-refractivity contribution in [2.45, 2.75) is 52.0 Å². The van der Waals surface area contributed by atoms with Crippen molar-refractivity contribution in [1.82, 2.24) is 4.90 Å². The molecule has 88 valence electrons. The number of hydrogen-bond acceptors (Lipinski definition) is 2. The van der Waals surface area contributed by atoms with E-state index < -0.39 is 11.5 Å². The molecule has 0 fully saturated rings. The van der Waals surface area contributed by atoms with Crippen LogP contribution in [-0.2, 0) is 9.59 Å². The summed E-state index contributed by atoms with van der Waals surface area (Å²) in [5, 5.41) is 9.16. The fourth-order valence-corrected chi connectivity index (χ4v) is 1.48. The zero-order valence-corrected chi connectivity index (χ0v) is 10.0. The predicted octanol–water partition coefficient (Wildman–Crippen LogP) is 1.89. The predicted molar refractivity (Wildman–Crippen MR) is 58.6 cm³/mol. The van der Waals surface area contributed by atoms with Crippen LogP contribution in [0.2, 0.25) is 0 Å². The molecule has 0 aromatic rings. The average molecular weight is 215 g/mol. The summed E-state index contributed by atoms with van der Waals surface area (Å²) in [4.78, 5) is 23.7. The maximum atomic E-state index is 11.2. The van der Waals surface area contributed by atoms with Gasteiger partial charge in [0.05, 0.1) is 0 Å². The number of unbranched alkanes of at least 4 members (excludes halogenated alkanes) is 2. The quantitative estimate of drug-likeness (QED) is 0.688. The van der Waals surface area contributed by atoms with Gasteiger partial charge in [-0.2, -0.15) is 0 Å². The third kappa shape index (κ3) is 3.53. The molecule has 1 amide bonds. The molecule has 0 aliphatic heterocycles. The molecule has 0 bridgehead atoms. The summed E-state index contributed by atoms with van der Waals surface area (Å²) >= 11 is 0. The Labute approximate surface area is 91.3 Å². The van der Waals surface area contributed by atoms with Gasteiger partial charge in [-0.15, -0.1) is 0 Å². The normalized spacial score (nSPS) is 14.4. The second-order valence-electron chi connectivity index (χ2n) is 4.11. The molecule has 4 heteroatoms. The Hall–Kier alpha value is -1.06. The lowest BCUT2D eigenvalue weighted by atomic mass is 9.92. The Morgan fingerprint density at radius 2 is 1.87 bits per heavy atom. The first-order valence-corrected chi connectivity index (χ1v) is 5.34. The Bertz CT molecular complexity index is 240. The number of likely N-dealkylation sites (N-methyl/N-ethyl adjacent to an activating group) is 1. The molecule has 1 unspecified atom stereocenters. The molecule has 0 heterocycles. The van der Waals surface area contributed by atoms with Crippen LogP contribution in [-0.4, -0.2) is 34.5 Å². The number of hydrogen-bond donors (Lipinski definition) is 1. The van der Waals surface area contributed by atoms with Gasteiger partial charge in [0.15, 0.2) is 0 Å².